The SMILES string of the molecule is Cc1ccc(S(=O)(=O)N(C)C)cc1NC(=O)CN1C[C@H](C)C[C@@H](C)C1. The van der Waals surface area contributed by atoms with Crippen LogP contribution in [-0.2, 0) is 14.8 Å². The van der Waals surface area contributed by atoms with Gasteiger partial charge in [-0.25, -0.2) is 12.7 Å². The van der Waals surface area contributed by atoms with E-state index < -0.39 is 10.0 Å². The molecule has 6 nitrogen and oxygen atoms in total. The Morgan fingerprint density at radius 3 is 2.40 bits per heavy atom. The van der Waals surface area contributed by atoms with Crippen molar-refractivity contribution >= 4 is 21.6 Å². The summed E-state index contributed by atoms with van der Waals surface area (Å²) in [6.45, 7) is 8.45. The Labute approximate surface area is 151 Å². The van der Waals surface area contributed by atoms with Crippen LogP contribution >= 0.6 is 0 Å². The van der Waals surface area contributed by atoms with Crippen molar-refractivity contribution < 1.29 is 13.2 Å². The smallest absolute Gasteiger partial charge is 0.242 e. The highest BCUT2D eigenvalue weighted by Gasteiger charge is 2.24. The van der Waals surface area contributed by atoms with Gasteiger partial charge >= 0.3 is 0 Å². The molecular weight excluding hydrogens is 338 g/mol. The van der Waals surface area contributed by atoms with Crippen LogP contribution in [0.15, 0.2) is 23.1 Å². The Kier molecular flexibility index (Phi) is 6.24. The first kappa shape index (κ1) is 19.9. The monoisotopic (exact) mass is 367 g/mol. The van der Waals surface area contributed by atoms with Crippen LogP contribution in [-0.4, -0.2) is 57.3 Å². The van der Waals surface area contributed by atoms with Gasteiger partial charge in [0.2, 0.25) is 15.9 Å². The van der Waals surface area contributed by atoms with Crippen molar-refractivity contribution in [3.8, 4) is 0 Å². The topological polar surface area (TPSA) is 69.7 Å². The zero-order chi connectivity index (χ0) is 18.8. The van der Waals surface area contributed by atoms with Crippen molar-refractivity contribution in [2.75, 3.05) is 39.0 Å². The lowest BCUT2D eigenvalue weighted by atomic mass is 9.92. The lowest BCUT2D eigenvalue weighted by molar-refractivity contribution is -0.117. The largest absolute Gasteiger partial charge is 0.325 e. The quantitative estimate of drug-likeness (QED) is 0.866. The number of anilines is 1. The van der Waals surface area contributed by atoms with Gasteiger partial charge in [-0.05, 0) is 42.9 Å². The average molecular weight is 368 g/mol. The predicted octanol–water partition coefficient (Wildman–Crippen LogP) is 2.16. The molecule has 0 aliphatic carbocycles. The van der Waals surface area contributed by atoms with Crippen LogP contribution < -0.4 is 5.32 Å². The highest BCUT2D eigenvalue weighted by molar-refractivity contribution is 7.89. The third-order valence-corrected chi connectivity index (χ3v) is 6.38. The average Bonchev–Trinajstić information content (AvgIpc) is 2.47. The number of hydrogen-bond acceptors (Lipinski definition) is 4. The molecule has 1 aliphatic rings. The first-order valence-electron chi connectivity index (χ1n) is 8.65. The summed E-state index contributed by atoms with van der Waals surface area (Å²) in [6.07, 6.45) is 1.20. The molecule has 7 heteroatoms. The Bertz CT molecular complexity index is 721. The Morgan fingerprint density at radius 2 is 1.84 bits per heavy atom. The summed E-state index contributed by atoms with van der Waals surface area (Å²) in [6, 6.07) is 4.81. The molecule has 0 bridgehead atoms. The van der Waals surface area contributed by atoms with Gasteiger partial charge in [0, 0.05) is 32.9 Å². The molecule has 1 aromatic rings. The van der Waals surface area contributed by atoms with Crippen LogP contribution in [0.4, 0.5) is 5.69 Å². The molecule has 0 spiro atoms. The molecule has 1 saturated heterocycles. The fourth-order valence-corrected chi connectivity index (χ4v) is 4.35. The van der Waals surface area contributed by atoms with Gasteiger partial charge in [-0.3, -0.25) is 9.69 Å². The molecule has 140 valence electrons. The van der Waals surface area contributed by atoms with Crippen molar-refractivity contribution in [2.24, 2.45) is 11.8 Å². The number of hydrogen-bond donors (Lipinski definition) is 1. The number of carbonyl (C=O) groups is 1. The van der Waals surface area contributed by atoms with Crippen LogP contribution in [0.25, 0.3) is 0 Å². The molecule has 2 atom stereocenters. The fraction of sp³-hybridized carbons (Fsp3) is 0.611. The van der Waals surface area contributed by atoms with E-state index in [1.807, 2.05) is 6.92 Å². The molecule has 2 rings (SSSR count). The van der Waals surface area contributed by atoms with Crippen molar-refractivity contribution in [3.63, 3.8) is 0 Å². The molecule has 0 radical (unpaired) electrons. The number of nitrogens with one attached hydrogen (secondary N) is 1. The summed E-state index contributed by atoms with van der Waals surface area (Å²) in [7, 11) is -0.538. The number of aryl methyl sites for hydroxylation is 1. The first-order valence-corrected chi connectivity index (χ1v) is 10.1. The number of rotatable bonds is 5. The van der Waals surface area contributed by atoms with E-state index in [4.69, 9.17) is 0 Å². The van der Waals surface area contributed by atoms with Crippen molar-refractivity contribution in [1.29, 1.82) is 0 Å². The second-order valence-corrected chi connectivity index (χ2v) is 9.60. The van der Waals surface area contributed by atoms with Gasteiger partial charge in [0.25, 0.3) is 0 Å². The van der Waals surface area contributed by atoms with Crippen molar-refractivity contribution in [2.45, 2.75) is 32.1 Å². The third-order valence-electron chi connectivity index (χ3n) is 4.57. The lowest BCUT2D eigenvalue weighted by Crippen LogP contribution is -2.42. The summed E-state index contributed by atoms with van der Waals surface area (Å²) in [4.78, 5) is 14.8. The van der Waals surface area contributed by atoms with Gasteiger partial charge in [0.05, 0.1) is 11.4 Å². The minimum absolute atomic E-state index is 0.108. The predicted molar refractivity (Wildman–Crippen MR) is 100 cm³/mol. The van der Waals surface area contributed by atoms with Crippen LogP contribution in [0.1, 0.15) is 25.8 Å². The molecule has 25 heavy (non-hydrogen) atoms. The second kappa shape index (κ2) is 7.85. The van der Waals surface area contributed by atoms with E-state index >= 15 is 0 Å². The first-order chi connectivity index (χ1) is 11.6. The maximum absolute atomic E-state index is 12.4. The second-order valence-electron chi connectivity index (χ2n) is 7.45. The molecule has 0 unspecified atom stereocenters. The summed E-state index contributed by atoms with van der Waals surface area (Å²) < 4.78 is 25.7. The maximum Gasteiger partial charge on any atom is 0.242 e. The molecule has 0 aromatic heterocycles. The lowest BCUT2D eigenvalue weighted by Gasteiger charge is -2.34. The molecule has 1 aromatic carbocycles. The highest BCUT2D eigenvalue weighted by Crippen LogP contribution is 2.23. The standard InChI is InChI=1S/C18H29N3O3S/c1-13-8-14(2)11-21(10-13)12-18(22)19-17-9-16(7-6-15(17)3)25(23,24)20(4)5/h6-7,9,13-14H,8,10-12H2,1-5H3,(H,19,22)/t13-,14-/m1/s1. The summed E-state index contributed by atoms with van der Waals surface area (Å²) in [5.74, 6) is 1.07. The number of sulfonamides is 1. The molecule has 1 fully saturated rings. The number of likely N-dealkylation sites (tertiary alicyclic amines) is 1. The molecule has 1 heterocycles. The van der Waals surface area contributed by atoms with Gasteiger partial charge in [0.1, 0.15) is 0 Å². The number of amides is 1. The number of piperidine rings is 1. The van der Waals surface area contributed by atoms with Gasteiger partial charge in [0.15, 0.2) is 0 Å². The van der Waals surface area contributed by atoms with E-state index in [-0.39, 0.29) is 10.8 Å². The van der Waals surface area contributed by atoms with Gasteiger partial charge < -0.3 is 5.32 Å². The van der Waals surface area contributed by atoms with Crippen molar-refractivity contribution in [3.05, 3.63) is 23.8 Å². The molecule has 1 aliphatic heterocycles. The third kappa shape index (κ3) is 5.03. The van der Waals surface area contributed by atoms with E-state index in [1.165, 1.54) is 30.9 Å². The molecule has 1 N–H and O–H groups in total. The van der Waals surface area contributed by atoms with E-state index in [9.17, 15) is 13.2 Å². The minimum atomic E-state index is -3.52. The summed E-state index contributed by atoms with van der Waals surface area (Å²) in [5.41, 5.74) is 1.39. The molecule has 0 saturated carbocycles. The van der Waals surface area contributed by atoms with Crippen LogP contribution in [0, 0.1) is 18.8 Å². The Hall–Kier alpha value is -1.44. The minimum Gasteiger partial charge on any atom is -0.325 e. The highest BCUT2D eigenvalue weighted by atomic mass is 32.2. The normalized spacial score (nSPS) is 22.2. The van der Waals surface area contributed by atoms with Gasteiger partial charge in [-0.15, -0.1) is 0 Å². The van der Waals surface area contributed by atoms with Crippen molar-refractivity contribution in [1.82, 2.24) is 9.21 Å². The van der Waals surface area contributed by atoms with Crippen LogP contribution in [0.5, 0.6) is 0 Å². The Morgan fingerprint density at radius 1 is 1.24 bits per heavy atom. The number of benzene rings is 1. The van der Waals surface area contributed by atoms with E-state index in [0.717, 1.165) is 18.7 Å². The van der Waals surface area contributed by atoms with E-state index in [1.54, 1.807) is 12.1 Å². The van der Waals surface area contributed by atoms with Crippen LogP contribution in [0.3, 0.4) is 0 Å². The van der Waals surface area contributed by atoms with E-state index in [2.05, 4.69) is 24.1 Å². The Balaban J connectivity index is 2.10. The summed E-state index contributed by atoms with van der Waals surface area (Å²) in [5, 5.41) is 2.88. The number of carbonyl (C=O) groups excluding carboxylic acids is 1. The van der Waals surface area contributed by atoms with Crippen LogP contribution in [0.2, 0.25) is 0 Å². The molecule has 1 amide bonds. The van der Waals surface area contributed by atoms with E-state index in [0.29, 0.717) is 24.1 Å². The molecular formula is C18H29N3O3S. The zero-order valence-electron chi connectivity index (χ0n) is 15.7. The van der Waals surface area contributed by atoms with Gasteiger partial charge in [-0.1, -0.05) is 19.9 Å². The maximum atomic E-state index is 12.4. The number of nitrogens with zero attached hydrogens (tertiary/aromatic N) is 2. The fourth-order valence-electron chi connectivity index (χ4n) is 3.42. The summed E-state index contributed by atoms with van der Waals surface area (Å²) >= 11 is 0. The zero-order valence-corrected chi connectivity index (χ0v) is 16.6. The van der Waals surface area contributed by atoms with Gasteiger partial charge in [-0.2, -0.15) is 0 Å².